The molecule has 7 heteroatoms. The number of fused-ring (bicyclic) bond motifs is 1. The quantitative estimate of drug-likeness (QED) is 0.739. The minimum Gasteiger partial charge on any atom is -0.340 e. The maximum atomic E-state index is 12.4. The molecule has 0 spiro atoms. The van der Waals surface area contributed by atoms with Gasteiger partial charge in [-0.3, -0.25) is 14.2 Å². The first-order valence-corrected chi connectivity index (χ1v) is 8.22. The molecule has 3 heterocycles. The van der Waals surface area contributed by atoms with Gasteiger partial charge in [-0.2, -0.15) is 0 Å². The summed E-state index contributed by atoms with van der Waals surface area (Å²) < 4.78 is 1.69. The standard InChI is InChI=1S/C14H20N4O2S/c1-10-7-13(20)18-11(9-21-14(18)15-10)8-12(19)17-5-3-16(2)4-6-17/h7,11H,3-6,8-9H2,1-2H3/t11-/m0/s1. The van der Waals surface area contributed by atoms with Gasteiger partial charge in [-0.15, -0.1) is 0 Å². The van der Waals surface area contributed by atoms with Crippen LogP contribution in [-0.2, 0) is 4.79 Å². The van der Waals surface area contributed by atoms with Gasteiger partial charge in [0.05, 0.1) is 6.04 Å². The van der Waals surface area contributed by atoms with Crippen LogP contribution in [-0.4, -0.2) is 64.2 Å². The molecule has 0 saturated carbocycles. The molecule has 0 unspecified atom stereocenters. The van der Waals surface area contributed by atoms with E-state index in [0.717, 1.165) is 42.8 Å². The number of piperazine rings is 1. The average molecular weight is 308 g/mol. The van der Waals surface area contributed by atoms with Crippen LogP contribution in [0.1, 0.15) is 18.2 Å². The fourth-order valence-electron chi connectivity index (χ4n) is 2.80. The fraction of sp³-hybridized carbons (Fsp3) is 0.643. The Morgan fingerprint density at radius 1 is 1.38 bits per heavy atom. The first-order chi connectivity index (χ1) is 10.0. The highest BCUT2D eigenvalue weighted by atomic mass is 32.2. The normalized spacial score (nSPS) is 22.4. The minimum atomic E-state index is -0.0576. The van der Waals surface area contributed by atoms with Crippen LogP contribution in [0.4, 0.5) is 0 Å². The molecule has 1 aromatic rings. The Balaban J connectivity index is 1.71. The van der Waals surface area contributed by atoms with Crippen LogP contribution in [0, 0.1) is 6.92 Å². The predicted molar refractivity (Wildman–Crippen MR) is 81.7 cm³/mol. The van der Waals surface area contributed by atoms with Crippen LogP contribution in [0.5, 0.6) is 0 Å². The van der Waals surface area contributed by atoms with E-state index in [-0.39, 0.29) is 17.5 Å². The van der Waals surface area contributed by atoms with Crippen LogP contribution >= 0.6 is 11.8 Å². The fourth-order valence-corrected chi connectivity index (χ4v) is 3.99. The highest BCUT2D eigenvalue weighted by Gasteiger charge is 2.29. The van der Waals surface area contributed by atoms with Crippen molar-refractivity contribution < 1.29 is 4.79 Å². The van der Waals surface area contributed by atoms with E-state index < -0.39 is 0 Å². The number of carbonyl (C=O) groups excluding carboxylic acids is 1. The van der Waals surface area contributed by atoms with Gasteiger partial charge in [0.2, 0.25) is 5.91 Å². The third kappa shape index (κ3) is 2.98. The molecular formula is C14H20N4O2S. The summed E-state index contributed by atoms with van der Waals surface area (Å²) in [7, 11) is 2.07. The molecule has 1 amide bonds. The lowest BCUT2D eigenvalue weighted by molar-refractivity contribution is -0.133. The summed E-state index contributed by atoms with van der Waals surface area (Å²) in [5, 5.41) is 0.746. The van der Waals surface area contributed by atoms with E-state index in [1.165, 1.54) is 0 Å². The van der Waals surface area contributed by atoms with Crippen LogP contribution in [0.2, 0.25) is 0 Å². The molecule has 1 fully saturated rings. The number of rotatable bonds is 2. The molecule has 2 aliphatic rings. The third-order valence-corrected chi connectivity index (χ3v) is 5.18. The van der Waals surface area contributed by atoms with Crippen molar-refractivity contribution in [1.82, 2.24) is 19.4 Å². The number of amides is 1. The molecule has 1 atom stereocenters. The summed E-state index contributed by atoms with van der Waals surface area (Å²) in [6.07, 6.45) is 0.397. The summed E-state index contributed by atoms with van der Waals surface area (Å²) >= 11 is 1.57. The lowest BCUT2D eigenvalue weighted by Gasteiger charge is -2.33. The number of likely N-dealkylation sites (N-methyl/N-ethyl adjacent to an activating group) is 1. The molecule has 0 aliphatic carbocycles. The van der Waals surface area contributed by atoms with Gasteiger partial charge < -0.3 is 9.80 Å². The second-order valence-electron chi connectivity index (χ2n) is 5.74. The van der Waals surface area contributed by atoms with Gasteiger partial charge in [0.25, 0.3) is 5.56 Å². The molecule has 114 valence electrons. The van der Waals surface area contributed by atoms with Gasteiger partial charge >= 0.3 is 0 Å². The SMILES string of the molecule is Cc1cc(=O)n2c(n1)SC[C@@H]2CC(=O)N1CCN(C)CC1. The monoisotopic (exact) mass is 308 g/mol. The van der Waals surface area contributed by atoms with Crippen molar-refractivity contribution in [2.45, 2.75) is 24.5 Å². The van der Waals surface area contributed by atoms with Gasteiger partial charge in [-0.25, -0.2) is 4.98 Å². The maximum Gasteiger partial charge on any atom is 0.254 e. The minimum absolute atomic E-state index is 0.0429. The van der Waals surface area contributed by atoms with E-state index in [4.69, 9.17) is 0 Å². The molecule has 3 rings (SSSR count). The second-order valence-corrected chi connectivity index (χ2v) is 6.73. The Bertz CT molecular complexity index is 607. The van der Waals surface area contributed by atoms with Crippen molar-refractivity contribution in [3.63, 3.8) is 0 Å². The van der Waals surface area contributed by atoms with Gasteiger partial charge in [0, 0.05) is 50.1 Å². The van der Waals surface area contributed by atoms with Crippen LogP contribution in [0.3, 0.4) is 0 Å². The third-order valence-electron chi connectivity index (χ3n) is 4.08. The summed E-state index contributed by atoms with van der Waals surface area (Å²) in [6.45, 7) is 5.22. The summed E-state index contributed by atoms with van der Waals surface area (Å²) in [6, 6.07) is 1.49. The Labute approximate surface area is 128 Å². The van der Waals surface area contributed by atoms with E-state index >= 15 is 0 Å². The average Bonchev–Trinajstić information content (AvgIpc) is 2.82. The van der Waals surface area contributed by atoms with Crippen LogP contribution in [0.15, 0.2) is 16.0 Å². The predicted octanol–water partition coefficient (Wildman–Crippen LogP) is 0.363. The molecular weight excluding hydrogens is 288 g/mol. The van der Waals surface area contributed by atoms with Crippen molar-refractivity contribution in [2.75, 3.05) is 39.0 Å². The van der Waals surface area contributed by atoms with E-state index in [1.807, 2.05) is 11.8 Å². The summed E-state index contributed by atoms with van der Waals surface area (Å²) in [4.78, 5) is 33.1. The number of nitrogens with zero attached hydrogens (tertiary/aromatic N) is 4. The number of thioether (sulfide) groups is 1. The number of hydrogen-bond acceptors (Lipinski definition) is 5. The molecule has 1 saturated heterocycles. The molecule has 2 aliphatic heterocycles. The largest absolute Gasteiger partial charge is 0.340 e. The Kier molecular flexibility index (Phi) is 4.03. The molecule has 21 heavy (non-hydrogen) atoms. The smallest absolute Gasteiger partial charge is 0.254 e. The zero-order valence-electron chi connectivity index (χ0n) is 12.4. The molecule has 0 radical (unpaired) electrons. The lowest BCUT2D eigenvalue weighted by atomic mass is 10.2. The first-order valence-electron chi connectivity index (χ1n) is 7.24. The molecule has 0 N–H and O–H groups in total. The summed E-state index contributed by atoms with van der Waals surface area (Å²) in [5.74, 6) is 0.902. The van der Waals surface area contributed by atoms with E-state index in [0.29, 0.717) is 6.42 Å². The molecule has 6 nitrogen and oxygen atoms in total. The zero-order valence-corrected chi connectivity index (χ0v) is 13.2. The maximum absolute atomic E-state index is 12.4. The Morgan fingerprint density at radius 3 is 2.81 bits per heavy atom. The number of aromatic nitrogens is 2. The van der Waals surface area contributed by atoms with Crippen molar-refractivity contribution >= 4 is 17.7 Å². The van der Waals surface area contributed by atoms with Crippen molar-refractivity contribution in [3.8, 4) is 0 Å². The highest BCUT2D eigenvalue weighted by molar-refractivity contribution is 7.99. The van der Waals surface area contributed by atoms with Crippen LogP contribution < -0.4 is 5.56 Å². The molecule has 1 aromatic heterocycles. The lowest BCUT2D eigenvalue weighted by Crippen LogP contribution is -2.47. The van der Waals surface area contributed by atoms with Crippen molar-refractivity contribution in [2.24, 2.45) is 0 Å². The number of hydrogen-bond donors (Lipinski definition) is 0. The van der Waals surface area contributed by atoms with E-state index in [2.05, 4.69) is 16.9 Å². The second kappa shape index (κ2) is 5.81. The number of carbonyl (C=O) groups is 1. The van der Waals surface area contributed by atoms with Gasteiger partial charge in [-0.05, 0) is 14.0 Å². The molecule has 0 bridgehead atoms. The Morgan fingerprint density at radius 2 is 2.10 bits per heavy atom. The van der Waals surface area contributed by atoms with Gasteiger partial charge in [0.1, 0.15) is 0 Å². The molecule has 0 aromatic carbocycles. The van der Waals surface area contributed by atoms with Crippen molar-refractivity contribution in [3.05, 3.63) is 22.1 Å². The first kappa shape index (κ1) is 14.6. The van der Waals surface area contributed by atoms with Gasteiger partial charge in [0.15, 0.2) is 5.16 Å². The zero-order chi connectivity index (χ0) is 15.0. The van der Waals surface area contributed by atoms with Crippen LogP contribution in [0.25, 0.3) is 0 Å². The highest BCUT2D eigenvalue weighted by Crippen LogP contribution is 2.32. The van der Waals surface area contributed by atoms with E-state index in [1.54, 1.807) is 22.4 Å². The van der Waals surface area contributed by atoms with Crippen molar-refractivity contribution in [1.29, 1.82) is 0 Å². The Hall–Kier alpha value is -1.34. The number of aryl methyl sites for hydroxylation is 1. The summed E-state index contributed by atoms with van der Waals surface area (Å²) in [5.41, 5.74) is 0.698. The van der Waals surface area contributed by atoms with E-state index in [9.17, 15) is 9.59 Å². The van der Waals surface area contributed by atoms with Gasteiger partial charge in [-0.1, -0.05) is 11.8 Å². The topological polar surface area (TPSA) is 58.4 Å².